The molecule has 0 amide bonds. The Labute approximate surface area is 99.3 Å². The van der Waals surface area contributed by atoms with Crippen LogP contribution in [0.4, 0.5) is 0 Å². The zero-order valence-corrected chi connectivity index (χ0v) is 10.4. The fourth-order valence-corrected chi connectivity index (χ4v) is 2.90. The van der Waals surface area contributed by atoms with E-state index >= 15 is 0 Å². The zero-order chi connectivity index (χ0) is 11.4. The molecule has 3 unspecified atom stereocenters. The molecule has 0 aromatic heterocycles. The van der Waals surface area contributed by atoms with E-state index in [-0.39, 0.29) is 0 Å². The standard InChI is InChI=1S/C15H23N/c1-3-13-10-7-11-15(13)16-12(2)14-8-5-4-6-9-14/h4-6,8-9,12-13,15-16H,3,7,10-11H2,1-2H3. The maximum atomic E-state index is 3.80. The van der Waals surface area contributed by atoms with E-state index in [4.69, 9.17) is 0 Å². The first kappa shape index (κ1) is 11.7. The van der Waals surface area contributed by atoms with Crippen LogP contribution in [0.1, 0.15) is 51.1 Å². The van der Waals surface area contributed by atoms with E-state index in [1.807, 2.05) is 0 Å². The molecule has 0 spiro atoms. The Kier molecular flexibility index (Phi) is 4.00. The van der Waals surface area contributed by atoms with Gasteiger partial charge in [0.1, 0.15) is 0 Å². The molecule has 1 aromatic carbocycles. The van der Waals surface area contributed by atoms with Crippen LogP contribution in [0.3, 0.4) is 0 Å². The highest BCUT2D eigenvalue weighted by molar-refractivity contribution is 5.18. The number of nitrogens with one attached hydrogen (secondary N) is 1. The molecule has 0 radical (unpaired) electrons. The molecule has 3 atom stereocenters. The lowest BCUT2D eigenvalue weighted by Gasteiger charge is -2.24. The van der Waals surface area contributed by atoms with Crippen LogP contribution in [0.2, 0.25) is 0 Å². The average molecular weight is 217 g/mol. The third kappa shape index (κ3) is 2.65. The van der Waals surface area contributed by atoms with Crippen molar-refractivity contribution in [1.29, 1.82) is 0 Å². The lowest BCUT2D eigenvalue weighted by molar-refractivity contribution is 0.360. The van der Waals surface area contributed by atoms with Crippen LogP contribution < -0.4 is 5.32 Å². The van der Waals surface area contributed by atoms with E-state index in [1.165, 1.54) is 31.2 Å². The van der Waals surface area contributed by atoms with Crippen molar-refractivity contribution in [2.45, 2.75) is 51.6 Å². The van der Waals surface area contributed by atoms with Gasteiger partial charge < -0.3 is 5.32 Å². The van der Waals surface area contributed by atoms with Crippen LogP contribution in [0, 0.1) is 5.92 Å². The first-order valence-corrected chi connectivity index (χ1v) is 6.62. The van der Waals surface area contributed by atoms with Crippen LogP contribution in [0.5, 0.6) is 0 Å². The van der Waals surface area contributed by atoms with Crippen LogP contribution in [-0.2, 0) is 0 Å². The van der Waals surface area contributed by atoms with Crippen molar-refractivity contribution in [1.82, 2.24) is 5.32 Å². The average Bonchev–Trinajstić information content (AvgIpc) is 2.77. The SMILES string of the molecule is CCC1CCCC1NC(C)c1ccccc1. The molecule has 1 fully saturated rings. The molecule has 16 heavy (non-hydrogen) atoms. The molecule has 0 aliphatic heterocycles. The number of rotatable bonds is 4. The second-order valence-corrected chi connectivity index (χ2v) is 5.00. The predicted molar refractivity (Wildman–Crippen MR) is 69.4 cm³/mol. The highest BCUT2D eigenvalue weighted by atomic mass is 15.0. The van der Waals surface area contributed by atoms with Crippen molar-refractivity contribution in [3.63, 3.8) is 0 Å². The molecule has 1 aliphatic rings. The van der Waals surface area contributed by atoms with Gasteiger partial charge in [-0.15, -0.1) is 0 Å². The van der Waals surface area contributed by atoms with E-state index in [9.17, 15) is 0 Å². The normalized spacial score (nSPS) is 26.9. The molecule has 1 saturated carbocycles. The molecular weight excluding hydrogens is 194 g/mol. The highest BCUT2D eigenvalue weighted by Gasteiger charge is 2.26. The number of hydrogen-bond donors (Lipinski definition) is 1. The summed E-state index contributed by atoms with van der Waals surface area (Å²) in [7, 11) is 0. The fraction of sp³-hybridized carbons (Fsp3) is 0.600. The second-order valence-electron chi connectivity index (χ2n) is 5.00. The number of hydrogen-bond acceptors (Lipinski definition) is 1. The molecule has 1 nitrogen and oxygen atoms in total. The smallest absolute Gasteiger partial charge is 0.0294 e. The van der Waals surface area contributed by atoms with Crippen molar-refractivity contribution in [3.8, 4) is 0 Å². The Morgan fingerprint density at radius 3 is 2.69 bits per heavy atom. The summed E-state index contributed by atoms with van der Waals surface area (Å²) in [6.07, 6.45) is 5.49. The van der Waals surface area contributed by atoms with E-state index < -0.39 is 0 Å². The van der Waals surface area contributed by atoms with E-state index in [0.717, 1.165) is 12.0 Å². The van der Waals surface area contributed by atoms with E-state index in [1.54, 1.807) is 0 Å². The molecule has 1 N–H and O–H groups in total. The molecule has 1 heteroatoms. The summed E-state index contributed by atoms with van der Waals surface area (Å²) >= 11 is 0. The van der Waals surface area contributed by atoms with Gasteiger partial charge in [-0.1, -0.05) is 50.1 Å². The van der Waals surface area contributed by atoms with Gasteiger partial charge in [0.25, 0.3) is 0 Å². The van der Waals surface area contributed by atoms with Crippen LogP contribution in [0.25, 0.3) is 0 Å². The van der Waals surface area contributed by atoms with Crippen molar-refractivity contribution >= 4 is 0 Å². The molecule has 1 aromatic rings. The first-order chi connectivity index (χ1) is 7.81. The minimum Gasteiger partial charge on any atom is -0.307 e. The zero-order valence-electron chi connectivity index (χ0n) is 10.4. The molecule has 1 aliphatic carbocycles. The van der Waals surface area contributed by atoms with Gasteiger partial charge >= 0.3 is 0 Å². The maximum Gasteiger partial charge on any atom is 0.0294 e. The summed E-state index contributed by atoms with van der Waals surface area (Å²) in [6.45, 7) is 4.60. The molecule has 0 bridgehead atoms. The third-order valence-electron chi connectivity index (χ3n) is 3.95. The predicted octanol–water partition coefficient (Wildman–Crippen LogP) is 3.92. The Morgan fingerprint density at radius 2 is 2.00 bits per heavy atom. The quantitative estimate of drug-likeness (QED) is 0.806. The topological polar surface area (TPSA) is 12.0 Å². The van der Waals surface area contributed by atoms with Crippen LogP contribution in [0.15, 0.2) is 30.3 Å². The van der Waals surface area contributed by atoms with Crippen molar-refractivity contribution < 1.29 is 0 Å². The molecular formula is C15H23N. The Morgan fingerprint density at radius 1 is 1.25 bits per heavy atom. The van der Waals surface area contributed by atoms with Crippen LogP contribution >= 0.6 is 0 Å². The van der Waals surface area contributed by atoms with Gasteiger partial charge in [-0.2, -0.15) is 0 Å². The summed E-state index contributed by atoms with van der Waals surface area (Å²) in [6, 6.07) is 12.0. The highest BCUT2D eigenvalue weighted by Crippen LogP contribution is 2.29. The molecule has 88 valence electrons. The summed E-state index contributed by atoms with van der Waals surface area (Å²) in [4.78, 5) is 0. The largest absolute Gasteiger partial charge is 0.307 e. The van der Waals surface area contributed by atoms with Gasteiger partial charge in [-0.3, -0.25) is 0 Å². The lowest BCUT2D eigenvalue weighted by Crippen LogP contribution is -2.34. The third-order valence-corrected chi connectivity index (χ3v) is 3.95. The van der Waals surface area contributed by atoms with Crippen LogP contribution in [-0.4, -0.2) is 6.04 Å². The summed E-state index contributed by atoms with van der Waals surface area (Å²) in [5.74, 6) is 0.895. The fourth-order valence-electron chi connectivity index (χ4n) is 2.90. The van der Waals surface area contributed by atoms with Gasteiger partial charge in [0, 0.05) is 12.1 Å². The first-order valence-electron chi connectivity index (χ1n) is 6.62. The van der Waals surface area contributed by atoms with Crippen molar-refractivity contribution in [2.75, 3.05) is 0 Å². The number of benzene rings is 1. The molecule has 0 heterocycles. The van der Waals surface area contributed by atoms with Crippen molar-refractivity contribution in [2.24, 2.45) is 5.92 Å². The van der Waals surface area contributed by atoms with Gasteiger partial charge in [0.2, 0.25) is 0 Å². The summed E-state index contributed by atoms with van der Waals surface area (Å²) < 4.78 is 0. The summed E-state index contributed by atoms with van der Waals surface area (Å²) in [5.41, 5.74) is 1.41. The van der Waals surface area contributed by atoms with Gasteiger partial charge in [0.05, 0.1) is 0 Å². The minimum absolute atomic E-state index is 0.485. The maximum absolute atomic E-state index is 3.80. The van der Waals surface area contributed by atoms with Gasteiger partial charge in [-0.25, -0.2) is 0 Å². The minimum atomic E-state index is 0.485. The monoisotopic (exact) mass is 217 g/mol. The van der Waals surface area contributed by atoms with E-state index in [2.05, 4.69) is 49.5 Å². The van der Waals surface area contributed by atoms with Gasteiger partial charge in [-0.05, 0) is 31.2 Å². The van der Waals surface area contributed by atoms with Gasteiger partial charge in [0.15, 0.2) is 0 Å². The van der Waals surface area contributed by atoms with Crippen molar-refractivity contribution in [3.05, 3.63) is 35.9 Å². The summed E-state index contributed by atoms with van der Waals surface area (Å²) in [5, 5.41) is 3.80. The Hall–Kier alpha value is -0.820. The van der Waals surface area contributed by atoms with E-state index in [0.29, 0.717) is 6.04 Å². The lowest BCUT2D eigenvalue weighted by atomic mass is 9.98. The second kappa shape index (κ2) is 5.49. The molecule has 2 rings (SSSR count). The molecule has 0 saturated heterocycles. The Balaban J connectivity index is 1.94. The Bertz CT molecular complexity index is 306.